The molecule has 1 aliphatic rings. The Kier molecular flexibility index (Phi) is 5.54. The van der Waals surface area contributed by atoms with Crippen molar-refractivity contribution in [2.24, 2.45) is 5.92 Å². The molecule has 0 amide bonds. The Bertz CT molecular complexity index is 472. The third kappa shape index (κ3) is 4.88. The summed E-state index contributed by atoms with van der Waals surface area (Å²) in [4.78, 5) is 0. The molecule has 2 N–H and O–H groups in total. The third-order valence-electron chi connectivity index (χ3n) is 3.90. The van der Waals surface area contributed by atoms with Gasteiger partial charge in [-0.2, -0.15) is 13.2 Å². The van der Waals surface area contributed by atoms with Crippen LogP contribution in [0.2, 0.25) is 0 Å². The van der Waals surface area contributed by atoms with Crippen molar-refractivity contribution in [2.45, 2.75) is 44.4 Å². The maximum atomic E-state index is 13.0. The van der Waals surface area contributed by atoms with Crippen molar-refractivity contribution < 1.29 is 18.3 Å². The van der Waals surface area contributed by atoms with Gasteiger partial charge in [0.15, 0.2) is 0 Å². The van der Waals surface area contributed by atoms with E-state index >= 15 is 0 Å². The Morgan fingerprint density at radius 3 is 2.57 bits per heavy atom. The second-order valence-electron chi connectivity index (χ2n) is 5.61. The van der Waals surface area contributed by atoms with Gasteiger partial charge in [0.05, 0.1) is 11.7 Å². The largest absolute Gasteiger partial charge is 0.418 e. The predicted octanol–water partition coefficient (Wildman–Crippen LogP) is 4.82. The topological polar surface area (TPSA) is 32.3 Å². The highest BCUT2D eigenvalue weighted by molar-refractivity contribution is 9.10. The van der Waals surface area contributed by atoms with Crippen LogP contribution in [0, 0.1) is 5.92 Å². The Morgan fingerprint density at radius 1 is 1.29 bits per heavy atom. The highest BCUT2D eigenvalue weighted by Gasteiger charge is 2.33. The minimum Gasteiger partial charge on any atom is -0.391 e. The van der Waals surface area contributed by atoms with E-state index in [0.29, 0.717) is 16.8 Å². The standard InChI is InChI=1S/C15H19BrF3NO/c16-11-5-6-14(13(8-11)15(17,18)19)20-9-12(21)7-10-3-1-2-4-10/h5-6,8,10,12,20-21H,1-4,7,9H2. The fourth-order valence-corrected chi connectivity index (χ4v) is 3.21. The third-order valence-corrected chi connectivity index (χ3v) is 4.39. The van der Waals surface area contributed by atoms with Crippen LogP contribution < -0.4 is 5.32 Å². The van der Waals surface area contributed by atoms with E-state index in [1.54, 1.807) is 6.07 Å². The zero-order valence-corrected chi connectivity index (χ0v) is 13.2. The highest BCUT2D eigenvalue weighted by Crippen LogP contribution is 2.36. The van der Waals surface area contributed by atoms with Gasteiger partial charge >= 0.3 is 6.18 Å². The quantitative estimate of drug-likeness (QED) is 0.783. The molecular weight excluding hydrogens is 347 g/mol. The second-order valence-corrected chi connectivity index (χ2v) is 6.52. The van der Waals surface area contributed by atoms with Gasteiger partial charge in [0.1, 0.15) is 0 Å². The van der Waals surface area contributed by atoms with Crippen molar-refractivity contribution >= 4 is 21.6 Å². The van der Waals surface area contributed by atoms with Crippen molar-refractivity contribution in [1.82, 2.24) is 0 Å². The number of nitrogens with one attached hydrogen (secondary N) is 1. The number of alkyl halides is 3. The summed E-state index contributed by atoms with van der Waals surface area (Å²) in [6.45, 7) is 0.140. The highest BCUT2D eigenvalue weighted by atomic mass is 79.9. The molecule has 0 spiro atoms. The van der Waals surface area contributed by atoms with Gasteiger partial charge < -0.3 is 10.4 Å². The smallest absolute Gasteiger partial charge is 0.391 e. The minimum absolute atomic E-state index is 0.0103. The zero-order chi connectivity index (χ0) is 15.5. The average Bonchev–Trinajstić information content (AvgIpc) is 2.89. The van der Waals surface area contributed by atoms with E-state index in [-0.39, 0.29) is 12.2 Å². The molecule has 1 atom stereocenters. The normalized spacial score (nSPS) is 18.0. The SMILES string of the molecule is OC(CNc1ccc(Br)cc1C(F)(F)F)CC1CCCC1. The van der Waals surface area contributed by atoms with Crippen LogP contribution in [0.3, 0.4) is 0 Å². The summed E-state index contributed by atoms with van der Waals surface area (Å²) < 4.78 is 39.3. The molecule has 1 fully saturated rings. The Hall–Kier alpha value is -0.750. The summed E-state index contributed by atoms with van der Waals surface area (Å²) in [7, 11) is 0. The van der Waals surface area contributed by atoms with Gasteiger partial charge in [-0.15, -0.1) is 0 Å². The van der Waals surface area contributed by atoms with Gasteiger partial charge in [0.25, 0.3) is 0 Å². The zero-order valence-electron chi connectivity index (χ0n) is 11.6. The van der Waals surface area contributed by atoms with E-state index < -0.39 is 17.8 Å². The average molecular weight is 366 g/mol. The lowest BCUT2D eigenvalue weighted by atomic mass is 10.00. The monoisotopic (exact) mass is 365 g/mol. The molecular formula is C15H19BrF3NO. The van der Waals surface area contributed by atoms with Crippen LogP contribution in [0.1, 0.15) is 37.7 Å². The van der Waals surface area contributed by atoms with Crippen LogP contribution >= 0.6 is 15.9 Å². The molecule has 1 aromatic rings. The van der Waals surface area contributed by atoms with Gasteiger partial charge in [-0.3, -0.25) is 0 Å². The van der Waals surface area contributed by atoms with E-state index in [4.69, 9.17) is 0 Å². The molecule has 0 radical (unpaired) electrons. The lowest BCUT2D eigenvalue weighted by molar-refractivity contribution is -0.137. The summed E-state index contributed by atoms with van der Waals surface area (Å²) in [5, 5.41) is 12.7. The lowest BCUT2D eigenvalue weighted by Gasteiger charge is -2.19. The van der Waals surface area contributed by atoms with Crippen LogP contribution in [0.15, 0.2) is 22.7 Å². The molecule has 2 nitrogen and oxygen atoms in total. The Balaban J connectivity index is 1.96. The Morgan fingerprint density at radius 2 is 1.95 bits per heavy atom. The Labute approximate surface area is 130 Å². The molecule has 21 heavy (non-hydrogen) atoms. The van der Waals surface area contributed by atoms with Crippen molar-refractivity contribution in [3.63, 3.8) is 0 Å². The molecule has 118 valence electrons. The molecule has 1 saturated carbocycles. The molecule has 1 aromatic carbocycles. The molecule has 2 rings (SSSR count). The van der Waals surface area contributed by atoms with E-state index in [2.05, 4.69) is 21.2 Å². The first-order valence-corrected chi connectivity index (χ1v) is 7.94. The number of hydrogen-bond donors (Lipinski definition) is 2. The summed E-state index contributed by atoms with van der Waals surface area (Å²) in [6, 6.07) is 3.99. The maximum Gasteiger partial charge on any atom is 0.418 e. The second kappa shape index (κ2) is 7.01. The number of aliphatic hydroxyl groups is 1. The van der Waals surface area contributed by atoms with Gasteiger partial charge in [-0.05, 0) is 30.5 Å². The molecule has 0 bridgehead atoms. The number of benzene rings is 1. The van der Waals surface area contributed by atoms with Crippen molar-refractivity contribution in [3.8, 4) is 0 Å². The van der Waals surface area contributed by atoms with Crippen molar-refractivity contribution in [2.75, 3.05) is 11.9 Å². The van der Waals surface area contributed by atoms with Gasteiger partial charge in [-0.25, -0.2) is 0 Å². The molecule has 0 heterocycles. The first kappa shape index (κ1) is 16.6. The minimum atomic E-state index is -4.41. The van der Waals surface area contributed by atoms with Crippen molar-refractivity contribution in [1.29, 1.82) is 0 Å². The number of hydrogen-bond acceptors (Lipinski definition) is 2. The van der Waals surface area contributed by atoms with Crippen LogP contribution in [-0.4, -0.2) is 17.8 Å². The number of aliphatic hydroxyl groups excluding tert-OH is 1. The number of rotatable bonds is 5. The lowest BCUT2D eigenvalue weighted by Crippen LogP contribution is -2.23. The number of anilines is 1. The molecule has 0 aromatic heterocycles. The van der Waals surface area contributed by atoms with Gasteiger partial charge in [0.2, 0.25) is 0 Å². The molecule has 1 aliphatic carbocycles. The maximum absolute atomic E-state index is 13.0. The first-order chi connectivity index (χ1) is 9.86. The van der Waals surface area contributed by atoms with Crippen LogP contribution in [0.4, 0.5) is 18.9 Å². The predicted molar refractivity (Wildman–Crippen MR) is 80.2 cm³/mol. The van der Waals surface area contributed by atoms with Gasteiger partial charge in [-0.1, -0.05) is 41.6 Å². The summed E-state index contributed by atoms with van der Waals surface area (Å²) in [5.41, 5.74) is -0.707. The summed E-state index contributed by atoms with van der Waals surface area (Å²) >= 11 is 3.05. The van der Waals surface area contributed by atoms with E-state index in [1.807, 2.05) is 0 Å². The fourth-order valence-electron chi connectivity index (χ4n) is 2.85. The van der Waals surface area contributed by atoms with Crippen LogP contribution in [-0.2, 0) is 6.18 Å². The molecule has 0 saturated heterocycles. The van der Waals surface area contributed by atoms with Crippen LogP contribution in [0.5, 0.6) is 0 Å². The summed E-state index contributed by atoms with van der Waals surface area (Å²) in [6.07, 6.45) is 0.239. The fraction of sp³-hybridized carbons (Fsp3) is 0.600. The van der Waals surface area contributed by atoms with E-state index in [1.165, 1.54) is 18.9 Å². The molecule has 6 heteroatoms. The van der Waals surface area contributed by atoms with Crippen molar-refractivity contribution in [3.05, 3.63) is 28.2 Å². The molecule has 1 unspecified atom stereocenters. The first-order valence-electron chi connectivity index (χ1n) is 7.15. The number of halogens is 4. The van der Waals surface area contributed by atoms with Gasteiger partial charge in [0, 0.05) is 16.7 Å². The molecule has 0 aliphatic heterocycles. The van der Waals surface area contributed by atoms with E-state index in [9.17, 15) is 18.3 Å². The van der Waals surface area contributed by atoms with Crippen LogP contribution in [0.25, 0.3) is 0 Å². The summed E-state index contributed by atoms with van der Waals surface area (Å²) in [5.74, 6) is 0.508. The van der Waals surface area contributed by atoms with E-state index in [0.717, 1.165) is 18.9 Å².